The lowest BCUT2D eigenvalue weighted by atomic mass is 9.70. The second-order valence-electron chi connectivity index (χ2n) is 7.53. The molecular weight excluding hydrogens is 372 g/mol. The Kier molecular flexibility index (Phi) is 5.46. The third-order valence-electron chi connectivity index (χ3n) is 5.78. The van der Waals surface area contributed by atoms with Crippen molar-refractivity contribution >= 4 is 0 Å². The molecule has 1 aliphatic carbocycles. The van der Waals surface area contributed by atoms with Crippen LogP contribution in [0.5, 0.6) is 0 Å². The van der Waals surface area contributed by atoms with Crippen molar-refractivity contribution in [2.24, 2.45) is 0 Å². The maximum Gasteiger partial charge on any atom is 0.0995 e. The summed E-state index contributed by atoms with van der Waals surface area (Å²) in [5.41, 5.74) is 4.49. The van der Waals surface area contributed by atoms with Crippen LogP contribution in [0.4, 0.5) is 0 Å². The molecule has 30 heavy (non-hydrogen) atoms. The summed E-state index contributed by atoms with van der Waals surface area (Å²) < 4.78 is 0. The van der Waals surface area contributed by atoms with Crippen LogP contribution < -0.4 is 0 Å². The van der Waals surface area contributed by atoms with E-state index in [2.05, 4.69) is 33.2 Å². The molecule has 0 aromatic carbocycles. The van der Waals surface area contributed by atoms with Gasteiger partial charge in [-0.15, -0.1) is 0 Å². The zero-order chi connectivity index (χ0) is 20.9. The lowest BCUT2D eigenvalue weighted by Crippen LogP contribution is -2.22. The van der Waals surface area contributed by atoms with Crippen LogP contribution in [-0.4, -0.2) is 15.0 Å². The molecule has 1 fully saturated rings. The van der Waals surface area contributed by atoms with E-state index in [1.54, 1.807) is 43.0 Å². The van der Waals surface area contributed by atoms with Gasteiger partial charge in [0.25, 0.3) is 0 Å². The molecule has 1 aliphatic rings. The van der Waals surface area contributed by atoms with Crippen LogP contribution in [0.25, 0.3) is 0 Å². The maximum absolute atomic E-state index is 9.58. The summed E-state index contributed by atoms with van der Waals surface area (Å²) in [6.45, 7) is 0. The Balaban J connectivity index is 1.75. The molecule has 3 aromatic rings. The van der Waals surface area contributed by atoms with Crippen molar-refractivity contribution in [3.8, 4) is 18.2 Å². The first-order valence-electron chi connectivity index (χ1n) is 9.78. The highest BCUT2D eigenvalue weighted by Crippen LogP contribution is 2.47. The molecule has 3 heterocycles. The second-order valence-corrected chi connectivity index (χ2v) is 7.53. The fourth-order valence-corrected chi connectivity index (χ4v) is 4.37. The number of rotatable bonds is 3. The van der Waals surface area contributed by atoms with Crippen LogP contribution in [-0.2, 0) is 0 Å². The smallest absolute Gasteiger partial charge is 0.0995 e. The van der Waals surface area contributed by atoms with Crippen LogP contribution in [0.15, 0.2) is 55.1 Å². The SMILES string of the molecule is N#Cc1ccnc(C2CC(c3cc(C#N)ccn3)CC(c3cnccc3C#N)C2)c1. The summed E-state index contributed by atoms with van der Waals surface area (Å²) in [6, 6.07) is 15.5. The monoisotopic (exact) mass is 390 g/mol. The molecular formula is C24H18N6. The minimum atomic E-state index is 0.109. The van der Waals surface area contributed by atoms with E-state index in [4.69, 9.17) is 0 Å². The Morgan fingerprint density at radius 3 is 1.80 bits per heavy atom. The van der Waals surface area contributed by atoms with Crippen LogP contribution in [0.3, 0.4) is 0 Å². The van der Waals surface area contributed by atoms with Crippen molar-refractivity contribution in [1.82, 2.24) is 15.0 Å². The van der Waals surface area contributed by atoms with Gasteiger partial charge in [0.05, 0.1) is 34.9 Å². The zero-order valence-corrected chi connectivity index (χ0v) is 16.2. The lowest BCUT2D eigenvalue weighted by molar-refractivity contribution is 0.342. The molecule has 6 heteroatoms. The third-order valence-corrected chi connectivity index (χ3v) is 5.78. The number of hydrogen-bond acceptors (Lipinski definition) is 6. The average molecular weight is 390 g/mol. The van der Waals surface area contributed by atoms with Gasteiger partial charge in [0.1, 0.15) is 0 Å². The second kappa shape index (κ2) is 8.52. The van der Waals surface area contributed by atoms with Crippen LogP contribution in [0.1, 0.15) is 70.7 Å². The Morgan fingerprint density at radius 1 is 0.700 bits per heavy atom. The van der Waals surface area contributed by atoms with Gasteiger partial charge in [0, 0.05) is 48.0 Å². The van der Waals surface area contributed by atoms with Gasteiger partial charge in [-0.2, -0.15) is 15.8 Å². The molecule has 0 radical (unpaired) electrons. The Hall–Kier alpha value is -4.08. The number of aromatic nitrogens is 3. The standard InChI is InChI=1S/C24H18N6/c25-12-16-1-5-29-23(7-16)20-9-19(22-15-28-4-3-18(22)14-27)10-21(11-20)24-8-17(13-26)2-6-30-24/h1-8,15,19-21H,9-11H2. The molecule has 2 atom stereocenters. The van der Waals surface area contributed by atoms with Gasteiger partial charge in [-0.25, -0.2) is 0 Å². The van der Waals surface area contributed by atoms with E-state index in [0.717, 1.165) is 36.2 Å². The van der Waals surface area contributed by atoms with E-state index in [1.165, 1.54) is 0 Å². The van der Waals surface area contributed by atoms with Crippen molar-refractivity contribution in [2.45, 2.75) is 37.0 Å². The van der Waals surface area contributed by atoms with Gasteiger partial charge in [-0.1, -0.05) is 0 Å². The van der Waals surface area contributed by atoms with Crippen LogP contribution >= 0.6 is 0 Å². The number of pyridine rings is 3. The quantitative estimate of drug-likeness (QED) is 0.658. The molecule has 4 rings (SSSR count). The minimum Gasteiger partial charge on any atom is -0.264 e. The van der Waals surface area contributed by atoms with E-state index >= 15 is 0 Å². The molecule has 0 spiro atoms. The first kappa shape index (κ1) is 19.2. The van der Waals surface area contributed by atoms with Gasteiger partial charge < -0.3 is 0 Å². The number of hydrogen-bond donors (Lipinski definition) is 0. The van der Waals surface area contributed by atoms with E-state index in [-0.39, 0.29) is 17.8 Å². The summed E-state index contributed by atoms with van der Waals surface area (Å²) in [5, 5.41) is 28.1. The Labute approximate surface area is 175 Å². The summed E-state index contributed by atoms with van der Waals surface area (Å²) in [4.78, 5) is 13.3. The molecule has 0 saturated heterocycles. The number of nitrogens with zero attached hydrogens (tertiary/aromatic N) is 6. The molecule has 0 N–H and O–H groups in total. The van der Waals surface area contributed by atoms with Gasteiger partial charge in [-0.05, 0) is 61.1 Å². The van der Waals surface area contributed by atoms with Gasteiger partial charge in [0.2, 0.25) is 0 Å². The molecule has 1 saturated carbocycles. The summed E-state index contributed by atoms with van der Waals surface area (Å²) in [6.07, 6.45) is 9.21. The highest BCUT2D eigenvalue weighted by atomic mass is 14.7. The van der Waals surface area contributed by atoms with Crippen LogP contribution in [0.2, 0.25) is 0 Å². The largest absolute Gasteiger partial charge is 0.264 e. The highest BCUT2D eigenvalue weighted by molar-refractivity contribution is 5.39. The Bertz CT molecular complexity index is 1130. The zero-order valence-electron chi connectivity index (χ0n) is 16.2. The van der Waals surface area contributed by atoms with Crippen LogP contribution in [0, 0.1) is 34.0 Å². The molecule has 2 unspecified atom stereocenters. The van der Waals surface area contributed by atoms with Crippen molar-refractivity contribution < 1.29 is 0 Å². The van der Waals surface area contributed by atoms with E-state index in [9.17, 15) is 15.8 Å². The van der Waals surface area contributed by atoms with Crippen molar-refractivity contribution in [2.75, 3.05) is 0 Å². The average Bonchev–Trinajstić information content (AvgIpc) is 2.83. The number of nitriles is 3. The minimum absolute atomic E-state index is 0.109. The molecule has 3 aromatic heterocycles. The van der Waals surface area contributed by atoms with Crippen molar-refractivity contribution in [1.29, 1.82) is 15.8 Å². The molecule has 0 aliphatic heterocycles. The molecule has 144 valence electrons. The molecule has 0 amide bonds. The summed E-state index contributed by atoms with van der Waals surface area (Å²) >= 11 is 0. The van der Waals surface area contributed by atoms with E-state index < -0.39 is 0 Å². The van der Waals surface area contributed by atoms with Gasteiger partial charge in [-0.3, -0.25) is 15.0 Å². The Morgan fingerprint density at radius 2 is 1.27 bits per heavy atom. The van der Waals surface area contributed by atoms with E-state index in [0.29, 0.717) is 16.7 Å². The fourth-order valence-electron chi connectivity index (χ4n) is 4.37. The first-order valence-corrected chi connectivity index (χ1v) is 9.78. The fraction of sp³-hybridized carbons (Fsp3) is 0.250. The predicted molar refractivity (Wildman–Crippen MR) is 109 cm³/mol. The first-order chi connectivity index (χ1) is 14.7. The lowest BCUT2D eigenvalue weighted by Gasteiger charge is -2.35. The molecule has 0 bridgehead atoms. The maximum atomic E-state index is 9.58. The molecule has 6 nitrogen and oxygen atoms in total. The van der Waals surface area contributed by atoms with Gasteiger partial charge in [0.15, 0.2) is 0 Å². The topological polar surface area (TPSA) is 110 Å². The highest BCUT2D eigenvalue weighted by Gasteiger charge is 2.34. The van der Waals surface area contributed by atoms with Crippen molar-refractivity contribution in [3.05, 3.63) is 88.8 Å². The predicted octanol–water partition coefficient (Wildman–Crippen LogP) is 4.32. The van der Waals surface area contributed by atoms with Crippen molar-refractivity contribution in [3.63, 3.8) is 0 Å². The summed E-state index contributed by atoms with van der Waals surface area (Å²) in [7, 11) is 0. The van der Waals surface area contributed by atoms with Gasteiger partial charge >= 0.3 is 0 Å². The third kappa shape index (κ3) is 3.88. The van der Waals surface area contributed by atoms with E-state index in [1.807, 2.05) is 12.1 Å². The summed E-state index contributed by atoms with van der Waals surface area (Å²) in [5.74, 6) is 0.333. The normalized spacial score (nSPS) is 20.5.